The van der Waals surface area contributed by atoms with E-state index in [2.05, 4.69) is 15.3 Å². The molecule has 140 valence electrons. The van der Waals surface area contributed by atoms with Crippen molar-refractivity contribution >= 4 is 34.4 Å². The van der Waals surface area contributed by atoms with Crippen molar-refractivity contribution in [3.05, 3.63) is 82.8 Å². The molecule has 0 atom stereocenters. The lowest BCUT2D eigenvalue weighted by atomic mass is 10.1. The summed E-state index contributed by atoms with van der Waals surface area (Å²) in [5.74, 6) is -1.49. The molecule has 1 amide bonds. The minimum absolute atomic E-state index is 0.117. The number of aryl methyl sites for hydroxylation is 1. The summed E-state index contributed by atoms with van der Waals surface area (Å²) in [6.45, 7) is 1.80. The zero-order valence-electron chi connectivity index (χ0n) is 14.6. The number of hydrogen-bond donors (Lipinski definition) is 1. The van der Waals surface area contributed by atoms with Crippen LogP contribution in [0.5, 0.6) is 0 Å². The lowest BCUT2D eigenvalue weighted by Crippen LogP contribution is -2.14. The summed E-state index contributed by atoms with van der Waals surface area (Å²) in [5, 5.41) is 2.83. The van der Waals surface area contributed by atoms with E-state index in [1.165, 1.54) is 6.07 Å². The van der Waals surface area contributed by atoms with Crippen molar-refractivity contribution in [3.63, 3.8) is 0 Å². The number of rotatable bonds is 3. The molecule has 4 rings (SSSR count). The molecule has 2 aromatic carbocycles. The van der Waals surface area contributed by atoms with Crippen molar-refractivity contribution in [2.24, 2.45) is 0 Å². The highest BCUT2D eigenvalue weighted by atomic mass is 35.5. The predicted molar refractivity (Wildman–Crippen MR) is 103 cm³/mol. The standard InChI is InChI=1S/C20H13ClF2N4O/c1-11-25-17-3-2-8-24-19(17)27(11)18-9-12(4-6-14(18)21)20(28)26-16-7-5-13(22)10-15(16)23/h2-10H,1H3,(H,26,28). The molecule has 8 heteroatoms. The van der Waals surface area contributed by atoms with Crippen LogP contribution in [-0.4, -0.2) is 20.4 Å². The molecule has 2 aromatic heterocycles. The normalized spacial score (nSPS) is 11.0. The lowest BCUT2D eigenvalue weighted by molar-refractivity contribution is 0.102. The van der Waals surface area contributed by atoms with Crippen LogP contribution >= 0.6 is 11.6 Å². The molecule has 1 N–H and O–H groups in total. The molecule has 0 radical (unpaired) electrons. The van der Waals surface area contributed by atoms with E-state index >= 15 is 0 Å². The zero-order valence-corrected chi connectivity index (χ0v) is 15.3. The van der Waals surface area contributed by atoms with Crippen molar-refractivity contribution in [1.29, 1.82) is 0 Å². The highest BCUT2D eigenvalue weighted by molar-refractivity contribution is 6.32. The van der Waals surface area contributed by atoms with Crippen LogP contribution in [0.1, 0.15) is 16.2 Å². The molecule has 0 saturated carbocycles. The van der Waals surface area contributed by atoms with E-state index in [1.807, 2.05) is 6.07 Å². The SMILES string of the molecule is Cc1nc2cccnc2n1-c1cc(C(=O)Nc2ccc(F)cc2F)ccc1Cl. The van der Waals surface area contributed by atoms with Crippen LogP contribution < -0.4 is 5.32 Å². The Morgan fingerprint density at radius 2 is 1.96 bits per heavy atom. The van der Waals surface area contributed by atoms with Gasteiger partial charge >= 0.3 is 0 Å². The van der Waals surface area contributed by atoms with Crippen LogP contribution in [0.15, 0.2) is 54.7 Å². The third-order valence-corrected chi connectivity index (χ3v) is 4.53. The summed E-state index contributed by atoms with van der Waals surface area (Å²) in [6, 6.07) is 11.2. The third kappa shape index (κ3) is 3.20. The Hall–Kier alpha value is -3.32. The molecular weight excluding hydrogens is 386 g/mol. The average molecular weight is 399 g/mol. The van der Waals surface area contributed by atoms with E-state index in [4.69, 9.17) is 11.6 Å². The number of imidazole rings is 1. The minimum atomic E-state index is -0.858. The Bertz CT molecular complexity index is 1220. The van der Waals surface area contributed by atoms with Gasteiger partial charge in [0.15, 0.2) is 5.65 Å². The van der Waals surface area contributed by atoms with Gasteiger partial charge < -0.3 is 5.32 Å². The van der Waals surface area contributed by atoms with Gasteiger partial charge in [-0.3, -0.25) is 9.36 Å². The highest BCUT2D eigenvalue weighted by Crippen LogP contribution is 2.27. The van der Waals surface area contributed by atoms with Crippen LogP contribution in [0.2, 0.25) is 5.02 Å². The van der Waals surface area contributed by atoms with E-state index in [0.29, 0.717) is 33.8 Å². The summed E-state index contributed by atoms with van der Waals surface area (Å²) in [4.78, 5) is 21.4. The second kappa shape index (κ2) is 7.01. The number of nitrogens with one attached hydrogen (secondary N) is 1. The van der Waals surface area contributed by atoms with Crippen molar-refractivity contribution < 1.29 is 13.6 Å². The van der Waals surface area contributed by atoms with Crippen molar-refractivity contribution in [2.45, 2.75) is 6.92 Å². The molecule has 0 aliphatic heterocycles. The largest absolute Gasteiger partial charge is 0.319 e. The van der Waals surface area contributed by atoms with E-state index < -0.39 is 17.5 Å². The molecule has 2 heterocycles. The number of benzene rings is 2. The quantitative estimate of drug-likeness (QED) is 0.533. The van der Waals surface area contributed by atoms with Crippen molar-refractivity contribution in [2.75, 3.05) is 5.32 Å². The number of aromatic nitrogens is 3. The predicted octanol–water partition coefficient (Wildman–Crippen LogP) is 4.91. The van der Waals surface area contributed by atoms with E-state index in [9.17, 15) is 13.6 Å². The Balaban J connectivity index is 1.75. The molecule has 0 aliphatic carbocycles. The first-order chi connectivity index (χ1) is 13.4. The van der Waals surface area contributed by atoms with Gasteiger partial charge in [-0.05, 0) is 49.4 Å². The lowest BCUT2D eigenvalue weighted by Gasteiger charge is -2.12. The second-order valence-electron chi connectivity index (χ2n) is 6.09. The van der Waals surface area contributed by atoms with Crippen molar-refractivity contribution in [3.8, 4) is 5.69 Å². The van der Waals surface area contributed by atoms with Gasteiger partial charge in [0.1, 0.15) is 23.0 Å². The van der Waals surface area contributed by atoms with Gasteiger partial charge in [-0.25, -0.2) is 18.7 Å². The fraction of sp³-hybridized carbons (Fsp3) is 0.0500. The molecule has 5 nitrogen and oxygen atoms in total. The Morgan fingerprint density at radius 3 is 2.75 bits per heavy atom. The van der Waals surface area contributed by atoms with Crippen LogP contribution in [-0.2, 0) is 0 Å². The summed E-state index contributed by atoms with van der Waals surface area (Å²) in [6.07, 6.45) is 1.64. The van der Waals surface area contributed by atoms with Gasteiger partial charge in [0, 0.05) is 17.8 Å². The maximum Gasteiger partial charge on any atom is 0.255 e. The monoisotopic (exact) mass is 398 g/mol. The molecule has 0 fully saturated rings. The number of anilines is 1. The number of hydrogen-bond acceptors (Lipinski definition) is 3. The summed E-state index contributed by atoms with van der Waals surface area (Å²) in [7, 11) is 0. The smallest absolute Gasteiger partial charge is 0.255 e. The minimum Gasteiger partial charge on any atom is -0.319 e. The van der Waals surface area contributed by atoms with Crippen LogP contribution in [0.4, 0.5) is 14.5 Å². The molecule has 0 saturated heterocycles. The fourth-order valence-electron chi connectivity index (χ4n) is 2.92. The summed E-state index contributed by atoms with van der Waals surface area (Å²) >= 11 is 6.36. The topological polar surface area (TPSA) is 59.8 Å². The maximum absolute atomic E-state index is 13.8. The second-order valence-corrected chi connectivity index (χ2v) is 6.49. The van der Waals surface area contributed by atoms with E-state index in [-0.39, 0.29) is 11.3 Å². The highest BCUT2D eigenvalue weighted by Gasteiger charge is 2.16. The Kier molecular flexibility index (Phi) is 4.52. The number of carbonyl (C=O) groups is 1. The molecule has 0 bridgehead atoms. The number of fused-ring (bicyclic) bond motifs is 1. The molecule has 0 unspecified atom stereocenters. The van der Waals surface area contributed by atoms with Crippen LogP contribution in [0.25, 0.3) is 16.9 Å². The zero-order chi connectivity index (χ0) is 19.8. The van der Waals surface area contributed by atoms with Gasteiger partial charge in [-0.1, -0.05) is 11.6 Å². The third-order valence-electron chi connectivity index (χ3n) is 4.21. The fourth-order valence-corrected chi connectivity index (χ4v) is 3.13. The number of pyridine rings is 1. The van der Waals surface area contributed by atoms with E-state index in [1.54, 1.807) is 35.9 Å². The number of carbonyl (C=O) groups excluding carboxylic acids is 1. The average Bonchev–Trinajstić information content (AvgIpc) is 3.00. The van der Waals surface area contributed by atoms with Gasteiger partial charge in [0.25, 0.3) is 5.91 Å². The van der Waals surface area contributed by atoms with Gasteiger partial charge in [0.2, 0.25) is 0 Å². The summed E-state index contributed by atoms with van der Waals surface area (Å²) in [5.41, 5.74) is 1.95. The van der Waals surface area contributed by atoms with Crippen LogP contribution in [0.3, 0.4) is 0 Å². The van der Waals surface area contributed by atoms with Gasteiger partial charge in [-0.15, -0.1) is 0 Å². The van der Waals surface area contributed by atoms with E-state index in [0.717, 1.165) is 12.1 Å². The maximum atomic E-state index is 13.8. The molecular formula is C20H13ClF2N4O. The number of amides is 1. The summed E-state index contributed by atoms with van der Waals surface area (Å²) < 4.78 is 28.6. The van der Waals surface area contributed by atoms with Crippen molar-refractivity contribution in [1.82, 2.24) is 14.5 Å². The Morgan fingerprint density at radius 1 is 1.14 bits per heavy atom. The first-order valence-electron chi connectivity index (χ1n) is 8.30. The van der Waals surface area contributed by atoms with Crippen LogP contribution in [0, 0.1) is 18.6 Å². The van der Waals surface area contributed by atoms with Gasteiger partial charge in [0.05, 0.1) is 16.4 Å². The Labute approximate surface area is 163 Å². The number of halogens is 3. The number of nitrogens with zero attached hydrogens (tertiary/aromatic N) is 3. The molecule has 0 aliphatic rings. The molecule has 0 spiro atoms. The molecule has 4 aromatic rings. The first-order valence-corrected chi connectivity index (χ1v) is 8.68. The van der Waals surface area contributed by atoms with Gasteiger partial charge in [-0.2, -0.15) is 0 Å². The molecule has 28 heavy (non-hydrogen) atoms. The first kappa shape index (κ1) is 18.1.